The number of nitrogens with one attached hydrogen (secondary N) is 1. The molecular weight excluding hydrogens is 891 g/mol. The maximum atomic E-state index is 15.3. The van der Waals surface area contributed by atoms with Crippen LogP contribution < -0.4 is 10.2 Å². The molecule has 69 heavy (non-hydrogen) atoms. The van der Waals surface area contributed by atoms with Crippen molar-refractivity contribution in [2.45, 2.75) is 103 Å². The summed E-state index contributed by atoms with van der Waals surface area (Å²) in [4.78, 5) is 90.8. The molecular formula is C50H52F2N10O7. The molecule has 17 nitrogen and oxygen atoms in total. The van der Waals surface area contributed by atoms with E-state index in [1.54, 1.807) is 54.7 Å². The number of halogens is 2. The molecule has 6 aliphatic rings. The molecule has 3 aromatic heterocycles. The first-order chi connectivity index (χ1) is 33.3. The number of amides is 6. The fraction of sp³-hybridized carbons (Fsp3) is 0.440. The highest BCUT2D eigenvalue weighted by Gasteiger charge is 2.46. The summed E-state index contributed by atoms with van der Waals surface area (Å²) in [5.74, 6) is -1.61. The van der Waals surface area contributed by atoms with Crippen LogP contribution in [0.25, 0.3) is 22.0 Å². The lowest BCUT2D eigenvalue weighted by atomic mass is 9.98. The molecule has 358 valence electrons. The van der Waals surface area contributed by atoms with E-state index in [4.69, 9.17) is 9.84 Å². The third-order valence-electron chi connectivity index (χ3n) is 15.1. The van der Waals surface area contributed by atoms with E-state index in [-0.39, 0.29) is 60.0 Å². The number of carbonyl (C=O) groups excluding carboxylic acids is 6. The van der Waals surface area contributed by atoms with E-state index in [1.807, 2.05) is 27.5 Å². The third kappa shape index (κ3) is 7.84. The van der Waals surface area contributed by atoms with Crippen LogP contribution in [0.2, 0.25) is 0 Å². The number of aromatic nitrogens is 4. The number of nitrogens with zero attached hydrogens (tertiary/aromatic N) is 9. The van der Waals surface area contributed by atoms with Gasteiger partial charge in [-0.2, -0.15) is 5.10 Å². The quantitative estimate of drug-likeness (QED) is 0.191. The second-order valence-electron chi connectivity index (χ2n) is 19.1. The van der Waals surface area contributed by atoms with E-state index >= 15 is 8.78 Å². The number of carbonyl (C=O) groups is 6. The van der Waals surface area contributed by atoms with Crippen LogP contribution in [0, 0.1) is 0 Å². The molecule has 6 amide bonds. The fourth-order valence-electron chi connectivity index (χ4n) is 11.4. The lowest BCUT2D eigenvalue weighted by Gasteiger charge is -2.36. The number of hydrogen-bond acceptors (Lipinski definition) is 11. The monoisotopic (exact) mass is 942 g/mol. The fourth-order valence-corrected chi connectivity index (χ4v) is 11.4. The molecule has 9 heterocycles. The molecule has 1 N–H and O–H groups in total. The van der Waals surface area contributed by atoms with Crippen molar-refractivity contribution in [2.24, 2.45) is 0 Å². The summed E-state index contributed by atoms with van der Waals surface area (Å²) in [5.41, 5.74) is 6.34. The molecule has 2 aromatic carbocycles. The highest BCUT2D eigenvalue weighted by Crippen LogP contribution is 2.42. The van der Waals surface area contributed by atoms with Crippen LogP contribution in [0.4, 0.5) is 20.3 Å². The van der Waals surface area contributed by atoms with Gasteiger partial charge in [-0.3, -0.25) is 53.5 Å². The van der Waals surface area contributed by atoms with Crippen LogP contribution in [0.3, 0.4) is 0 Å². The number of rotatable bonds is 9. The number of benzene rings is 2. The number of hydrogen-bond donors (Lipinski definition) is 1. The SMILES string of the molecule is CC(=O)N1CCc2c(c(N(C)c3ccc(-c4cn(CC(=O)N5CCC(N6Cc7cc8c(cc7C6)C(=O)N(C6CCC(=O)NC6=O)C8=O)CC5)c5ccncc45)c(C(F)F)c3)nn2C2CCOCC2)C1. The molecule has 1 atom stereocenters. The predicted octanol–water partition coefficient (Wildman–Crippen LogP) is 5.27. The van der Waals surface area contributed by atoms with Crippen molar-refractivity contribution in [1.29, 1.82) is 0 Å². The lowest BCUT2D eigenvalue weighted by molar-refractivity contribution is -0.136. The molecule has 6 aliphatic heterocycles. The minimum Gasteiger partial charge on any atom is -0.381 e. The summed E-state index contributed by atoms with van der Waals surface area (Å²) in [6, 6.07) is 9.61. The minimum absolute atomic E-state index is 0.00674. The smallest absolute Gasteiger partial charge is 0.264 e. The van der Waals surface area contributed by atoms with Gasteiger partial charge in [0.2, 0.25) is 23.6 Å². The minimum atomic E-state index is -2.82. The average Bonchev–Trinajstić information content (AvgIpc) is 4.12. The zero-order chi connectivity index (χ0) is 47.8. The van der Waals surface area contributed by atoms with Gasteiger partial charge in [-0.15, -0.1) is 0 Å². The van der Waals surface area contributed by atoms with Crippen LogP contribution in [0.15, 0.2) is 55.0 Å². The first-order valence-corrected chi connectivity index (χ1v) is 23.7. The van der Waals surface area contributed by atoms with Gasteiger partial charge in [-0.1, -0.05) is 6.07 Å². The molecule has 19 heteroatoms. The molecule has 1 unspecified atom stereocenters. The molecule has 0 saturated carbocycles. The number of imide groups is 2. The molecule has 0 radical (unpaired) electrons. The number of alkyl halides is 2. The Hall–Kier alpha value is -6.86. The van der Waals surface area contributed by atoms with Gasteiger partial charge in [0.1, 0.15) is 12.6 Å². The normalized spacial score (nSPS) is 20.2. The van der Waals surface area contributed by atoms with Crippen LogP contribution in [0.1, 0.15) is 107 Å². The second-order valence-corrected chi connectivity index (χ2v) is 19.1. The standard InChI is InChI=1S/C50H52F2N10O7/c1-28(63)58-16-10-42-40(26-58)47(55-62(42)32-11-17-69-18-12-32)56(2)33-3-4-34(35(21-33)46(51)52)39-25-60(41-7-13-53-22-38(39)41)27-45(65)57-14-8-31(9-15-57)59-23-29-19-36-37(20-30(29)24-59)50(68)61(49(36)67)43-5-6-44(64)54-48(43)66/h3-4,7,13,19-22,25,31-32,43,46H,5-6,8-12,14-18,23-24,26-27H2,1-2H3,(H,54,64,66). The van der Waals surface area contributed by atoms with Crippen LogP contribution in [-0.4, -0.2) is 126 Å². The number of piperidine rings is 2. The van der Waals surface area contributed by atoms with E-state index in [0.717, 1.165) is 40.1 Å². The molecule has 0 bridgehead atoms. The summed E-state index contributed by atoms with van der Waals surface area (Å²) in [7, 11) is 1.82. The number of fused-ring (bicyclic) bond motifs is 4. The Morgan fingerprint density at radius 1 is 0.841 bits per heavy atom. The van der Waals surface area contributed by atoms with Crippen molar-refractivity contribution < 1.29 is 42.3 Å². The maximum Gasteiger partial charge on any atom is 0.264 e. The average molecular weight is 943 g/mol. The maximum absolute atomic E-state index is 15.3. The number of anilines is 2. The summed E-state index contributed by atoms with van der Waals surface area (Å²) in [6.45, 7) is 6.00. The largest absolute Gasteiger partial charge is 0.381 e. The lowest BCUT2D eigenvalue weighted by Crippen LogP contribution is -2.54. The van der Waals surface area contributed by atoms with Crippen molar-refractivity contribution in [3.63, 3.8) is 0 Å². The second kappa shape index (κ2) is 17.6. The van der Waals surface area contributed by atoms with Crippen molar-refractivity contribution in [2.75, 3.05) is 44.8 Å². The Labute approximate surface area is 395 Å². The zero-order valence-corrected chi connectivity index (χ0v) is 38.5. The number of likely N-dealkylation sites (tertiary alicyclic amines) is 1. The van der Waals surface area contributed by atoms with Gasteiger partial charge < -0.3 is 24.0 Å². The Kier molecular flexibility index (Phi) is 11.4. The summed E-state index contributed by atoms with van der Waals surface area (Å²) in [6.07, 6.45) is 6.08. The highest BCUT2D eigenvalue weighted by molar-refractivity contribution is 6.23. The first kappa shape index (κ1) is 44.6. The van der Waals surface area contributed by atoms with Gasteiger partial charge in [-0.05, 0) is 79.1 Å². The third-order valence-corrected chi connectivity index (χ3v) is 15.1. The van der Waals surface area contributed by atoms with E-state index in [2.05, 4.69) is 19.9 Å². The van der Waals surface area contributed by atoms with Crippen LogP contribution in [0.5, 0.6) is 0 Å². The van der Waals surface area contributed by atoms with E-state index < -0.39 is 36.1 Å². The summed E-state index contributed by atoms with van der Waals surface area (Å²) < 4.78 is 40.0. The molecule has 3 saturated heterocycles. The molecule has 5 aromatic rings. The van der Waals surface area contributed by atoms with Crippen molar-refractivity contribution >= 4 is 57.9 Å². The molecule has 3 fully saturated rings. The van der Waals surface area contributed by atoms with Crippen LogP contribution in [-0.2, 0) is 56.5 Å². The van der Waals surface area contributed by atoms with E-state index in [1.165, 1.54) is 6.07 Å². The van der Waals surface area contributed by atoms with Gasteiger partial charge >= 0.3 is 0 Å². The molecule has 0 aliphatic carbocycles. The first-order valence-electron chi connectivity index (χ1n) is 23.7. The van der Waals surface area contributed by atoms with Gasteiger partial charge in [0.25, 0.3) is 18.2 Å². The van der Waals surface area contributed by atoms with Crippen LogP contribution >= 0.6 is 0 Å². The number of pyridine rings is 1. The van der Waals surface area contributed by atoms with Crippen molar-refractivity contribution in [3.05, 3.63) is 94.1 Å². The van der Waals surface area contributed by atoms with Gasteiger partial charge in [0.05, 0.1) is 29.2 Å². The molecule has 11 rings (SSSR count). The van der Waals surface area contributed by atoms with Crippen molar-refractivity contribution in [3.8, 4) is 11.1 Å². The van der Waals surface area contributed by atoms with Gasteiger partial charge in [-0.25, -0.2) is 8.78 Å². The van der Waals surface area contributed by atoms with Gasteiger partial charge in [0.15, 0.2) is 5.82 Å². The highest BCUT2D eigenvalue weighted by atomic mass is 19.3. The summed E-state index contributed by atoms with van der Waals surface area (Å²) in [5, 5.41) is 7.97. The van der Waals surface area contributed by atoms with Gasteiger partial charge in [0, 0.05) is 131 Å². The Bertz CT molecular complexity index is 2930. The van der Waals surface area contributed by atoms with E-state index in [9.17, 15) is 28.8 Å². The topological polar surface area (TPSA) is 176 Å². The Morgan fingerprint density at radius 3 is 2.25 bits per heavy atom. The summed E-state index contributed by atoms with van der Waals surface area (Å²) >= 11 is 0. The zero-order valence-electron chi connectivity index (χ0n) is 38.5. The van der Waals surface area contributed by atoms with Crippen molar-refractivity contribution in [1.82, 2.24) is 44.2 Å². The number of ether oxygens (including phenoxy) is 1. The van der Waals surface area contributed by atoms with E-state index in [0.29, 0.717) is 105 Å². The Balaban J connectivity index is 0.779. The Morgan fingerprint density at radius 2 is 1.57 bits per heavy atom. The predicted molar refractivity (Wildman–Crippen MR) is 246 cm³/mol. The molecule has 0 spiro atoms.